The highest BCUT2D eigenvalue weighted by Gasteiger charge is 2.29. The normalized spacial score (nSPS) is 19.9. The monoisotopic (exact) mass is 240 g/mol. The van der Waals surface area contributed by atoms with E-state index in [0.717, 1.165) is 13.0 Å². The van der Waals surface area contributed by atoms with Crippen molar-refractivity contribution in [1.29, 1.82) is 0 Å². The van der Waals surface area contributed by atoms with E-state index in [1.807, 2.05) is 4.90 Å². The van der Waals surface area contributed by atoms with E-state index in [0.29, 0.717) is 17.4 Å². The lowest BCUT2D eigenvalue weighted by Crippen LogP contribution is -2.30. The summed E-state index contributed by atoms with van der Waals surface area (Å²) in [5.74, 6) is 0.812. The molecule has 1 atom stereocenters. The minimum Gasteiger partial charge on any atom is -0.359 e. The summed E-state index contributed by atoms with van der Waals surface area (Å²) in [6.07, 6.45) is 3.87. The molecule has 0 saturated carbocycles. The number of carbonyl (C=O) groups excluding carboxylic acids is 1. The number of amides is 1. The lowest BCUT2D eigenvalue weighted by molar-refractivity contribution is -0.123. The number of aromatic nitrogens is 2. The molecular formula is C10H13ClN4O. The standard InChI is InChI=1S/C10H13ClN4O/c1-12-10(16)7-2-3-15(5-7)9-8(11)4-13-6-14-9/h4,6-7H,2-3,5H2,1H3,(H,12,16). The third-order valence-corrected chi connectivity index (χ3v) is 3.02. The van der Waals surface area contributed by atoms with Crippen LogP contribution in [0.25, 0.3) is 0 Å². The van der Waals surface area contributed by atoms with Crippen LogP contribution in [0.15, 0.2) is 12.5 Å². The molecule has 1 aliphatic rings. The summed E-state index contributed by atoms with van der Waals surface area (Å²) in [6.45, 7) is 1.46. The van der Waals surface area contributed by atoms with E-state index >= 15 is 0 Å². The Bertz CT molecular complexity index is 398. The van der Waals surface area contributed by atoms with E-state index in [-0.39, 0.29) is 11.8 Å². The Hall–Kier alpha value is -1.36. The van der Waals surface area contributed by atoms with Gasteiger partial charge in [-0.3, -0.25) is 4.79 Å². The highest BCUT2D eigenvalue weighted by atomic mass is 35.5. The van der Waals surface area contributed by atoms with Gasteiger partial charge in [-0.15, -0.1) is 0 Å². The largest absolute Gasteiger partial charge is 0.359 e. The van der Waals surface area contributed by atoms with E-state index < -0.39 is 0 Å². The van der Waals surface area contributed by atoms with Crippen molar-refractivity contribution in [3.63, 3.8) is 0 Å². The number of hydrogen-bond acceptors (Lipinski definition) is 4. The van der Waals surface area contributed by atoms with E-state index in [1.54, 1.807) is 13.2 Å². The van der Waals surface area contributed by atoms with Crippen LogP contribution in [0.5, 0.6) is 0 Å². The second-order valence-corrected chi connectivity index (χ2v) is 4.15. The summed E-state index contributed by atoms with van der Waals surface area (Å²) in [7, 11) is 1.66. The van der Waals surface area contributed by atoms with Gasteiger partial charge < -0.3 is 10.2 Å². The fraction of sp³-hybridized carbons (Fsp3) is 0.500. The molecule has 1 aliphatic heterocycles. The second-order valence-electron chi connectivity index (χ2n) is 3.74. The number of rotatable bonds is 2. The van der Waals surface area contributed by atoms with E-state index in [1.165, 1.54) is 6.33 Å². The number of nitrogens with zero attached hydrogens (tertiary/aromatic N) is 3. The van der Waals surface area contributed by atoms with Crippen molar-refractivity contribution >= 4 is 23.3 Å². The van der Waals surface area contributed by atoms with Crippen LogP contribution in [0.4, 0.5) is 5.82 Å². The average Bonchev–Trinajstić information content (AvgIpc) is 2.78. The maximum atomic E-state index is 11.5. The van der Waals surface area contributed by atoms with Crippen molar-refractivity contribution in [2.75, 3.05) is 25.0 Å². The fourth-order valence-corrected chi connectivity index (χ4v) is 2.13. The second kappa shape index (κ2) is 4.65. The zero-order valence-electron chi connectivity index (χ0n) is 8.98. The molecule has 5 nitrogen and oxygen atoms in total. The molecule has 1 saturated heterocycles. The Balaban J connectivity index is 2.09. The Morgan fingerprint density at radius 3 is 3.19 bits per heavy atom. The summed E-state index contributed by atoms with van der Waals surface area (Å²) >= 11 is 6.00. The van der Waals surface area contributed by atoms with Crippen LogP contribution in [0, 0.1) is 5.92 Å². The first-order chi connectivity index (χ1) is 7.72. The van der Waals surface area contributed by atoms with Crippen molar-refractivity contribution < 1.29 is 4.79 Å². The summed E-state index contributed by atoms with van der Waals surface area (Å²) in [5, 5.41) is 3.19. The number of hydrogen-bond donors (Lipinski definition) is 1. The smallest absolute Gasteiger partial charge is 0.224 e. The molecule has 0 aromatic carbocycles. The van der Waals surface area contributed by atoms with Crippen molar-refractivity contribution in [1.82, 2.24) is 15.3 Å². The molecule has 2 rings (SSSR count). The molecule has 0 radical (unpaired) electrons. The minimum absolute atomic E-state index is 0.0241. The molecule has 0 aliphatic carbocycles. The first-order valence-corrected chi connectivity index (χ1v) is 5.52. The van der Waals surface area contributed by atoms with Crippen LogP contribution < -0.4 is 10.2 Å². The van der Waals surface area contributed by atoms with Gasteiger partial charge in [0.05, 0.1) is 12.1 Å². The van der Waals surface area contributed by atoms with Gasteiger partial charge in [-0.2, -0.15) is 0 Å². The molecule has 0 spiro atoms. The zero-order valence-corrected chi connectivity index (χ0v) is 9.74. The topological polar surface area (TPSA) is 58.1 Å². The zero-order chi connectivity index (χ0) is 11.5. The molecule has 0 bridgehead atoms. The highest BCUT2D eigenvalue weighted by molar-refractivity contribution is 6.32. The van der Waals surface area contributed by atoms with Crippen molar-refractivity contribution in [2.24, 2.45) is 5.92 Å². The molecule has 16 heavy (non-hydrogen) atoms. The van der Waals surface area contributed by atoms with Crippen LogP contribution in [-0.2, 0) is 4.79 Å². The van der Waals surface area contributed by atoms with Crippen molar-refractivity contribution in [2.45, 2.75) is 6.42 Å². The van der Waals surface area contributed by atoms with E-state index in [4.69, 9.17) is 11.6 Å². The molecule has 1 aromatic rings. The molecule has 1 fully saturated rings. The Morgan fingerprint density at radius 1 is 1.69 bits per heavy atom. The highest BCUT2D eigenvalue weighted by Crippen LogP contribution is 2.27. The number of halogens is 1. The maximum Gasteiger partial charge on any atom is 0.224 e. The van der Waals surface area contributed by atoms with Gasteiger partial charge in [0.2, 0.25) is 5.91 Å². The minimum atomic E-state index is 0.0241. The SMILES string of the molecule is CNC(=O)C1CCN(c2ncncc2Cl)C1. The van der Waals surface area contributed by atoms with Gasteiger partial charge in [0.15, 0.2) is 5.82 Å². The summed E-state index contributed by atoms with van der Waals surface area (Å²) in [4.78, 5) is 21.5. The fourth-order valence-electron chi connectivity index (χ4n) is 1.91. The Morgan fingerprint density at radius 2 is 2.50 bits per heavy atom. The molecule has 1 N–H and O–H groups in total. The quantitative estimate of drug-likeness (QED) is 0.827. The summed E-state index contributed by atoms with van der Waals surface area (Å²) in [6, 6.07) is 0. The number of anilines is 1. The van der Waals surface area contributed by atoms with Crippen LogP contribution in [0.1, 0.15) is 6.42 Å². The first-order valence-electron chi connectivity index (χ1n) is 5.14. The van der Waals surface area contributed by atoms with E-state index in [2.05, 4.69) is 15.3 Å². The molecule has 1 aromatic heterocycles. The van der Waals surface area contributed by atoms with Crippen LogP contribution in [-0.4, -0.2) is 36.0 Å². The van der Waals surface area contributed by atoms with Gasteiger partial charge >= 0.3 is 0 Å². The first kappa shape index (κ1) is 11.1. The predicted octanol–water partition coefficient (Wildman–Crippen LogP) is 0.702. The molecular weight excluding hydrogens is 228 g/mol. The summed E-state index contributed by atoms with van der Waals surface area (Å²) in [5.41, 5.74) is 0. The van der Waals surface area contributed by atoms with Gasteiger partial charge in [0.25, 0.3) is 0 Å². The molecule has 1 unspecified atom stereocenters. The third-order valence-electron chi connectivity index (χ3n) is 2.75. The lowest BCUT2D eigenvalue weighted by atomic mass is 10.1. The Labute approximate surface area is 98.8 Å². The number of nitrogens with one attached hydrogen (secondary N) is 1. The van der Waals surface area contributed by atoms with Gasteiger partial charge in [-0.1, -0.05) is 11.6 Å². The molecule has 2 heterocycles. The molecule has 1 amide bonds. The van der Waals surface area contributed by atoms with Crippen molar-refractivity contribution in [3.05, 3.63) is 17.5 Å². The lowest BCUT2D eigenvalue weighted by Gasteiger charge is -2.17. The maximum absolute atomic E-state index is 11.5. The average molecular weight is 241 g/mol. The van der Waals surface area contributed by atoms with Gasteiger partial charge in [-0.05, 0) is 6.42 Å². The van der Waals surface area contributed by atoms with Crippen molar-refractivity contribution in [3.8, 4) is 0 Å². The van der Waals surface area contributed by atoms with Crippen LogP contribution in [0.2, 0.25) is 5.02 Å². The predicted molar refractivity (Wildman–Crippen MR) is 61.4 cm³/mol. The van der Waals surface area contributed by atoms with Gasteiger partial charge in [0, 0.05) is 20.1 Å². The van der Waals surface area contributed by atoms with Gasteiger partial charge in [0.1, 0.15) is 11.3 Å². The number of carbonyl (C=O) groups is 1. The van der Waals surface area contributed by atoms with E-state index in [9.17, 15) is 4.79 Å². The Kier molecular flexibility index (Phi) is 3.24. The summed E-state index contributed by atoms with van der Waals surface area (Å²) < 4.78 is 0. The van der Waals surface area contributed by atoms with Gasteiger partial charge in [-0.25, -0.2) is 9.97 Å². The van der Waals surface area contributed by atoms with Crippen LogP contribution >= 0.6 is 11.6 Å². The molecule has 86 valence electrons. The third kappa shape index (κ3) is 2.09. The van der Waals surface area contributed by atoms with Crippen LogP contribution in [0.3, 0.4) is 0 Å². The molecule has 6 heteroatoms.